The van der Waals surface area contributed by atoms with Crippen molar-refractivity contribution in [3.63, 3.8) is 0 Å². The number of nitrogens with zero attached hydrogens (tertiary/aromatic N) is 1. The molecule has 5 nitrogen and oxygen atoms in total. The summed E-state index contributed by atoms with van der Waals surface area (Å²) in [6, 6.07) is 0.553. The zero-order valence-corrected chi connectivity index (χ0v) is 16.7. The molecule has 0 bridgehead atoms. The number of amides is 1. The van der Waals surface area contributed by atoms with Crippen molar-refractivity contribution in [1.29, 1.82) is 0 Å². The Morgan fingerprint density at radius 2 is 1.57 bits per heavy atom. The van der Waals surface area contributed by atoms with Crippen molar-refractivity contribution in [1.82, 2.24) is 16.0 Å². The fourth-order valence-electron chi connectivity index (χ4n) is 3.57. The standard InChI is InChI=1S/C17H32N4O.HI/c1-18-17(21-15-9-3-2-4-10-15)20-12-11-19-16(22)13-14-7-5-6-8-14;/h14-15H,2-13H2,1H3,(H,19,22)(H2,18,20,21);1H. The maximum atomic E-state index is 11.8. The van der Waals surface area contributed by atoms with Gasteiger partial charge in [0.1, 0.15) is 0 Å². The first-order valence-corrected chi connectivity index (χ1v) is 9.02. The normalized spacial score (nSPS) is 20.0. The molecule has 0 aromatic heterocycles. The highest BCUT2D eigenvalue weighted by Gasteiger charge is 2.18. The second kappa shape index (κ2) is 11.9. The Morgan fingerprint density at radius 3 is 2.22 bits per heavy atom. The minimum atomic E-state index is 0. The molecular weight excluding hydrogens is 403 g/mol. The Hall–Kier alpha value is -0.530. The van der Waals surface area contributed by atoms with E-state index in [2.05, 4.69) is 20.9 Å². The van der Waals surface area contributed by atoms with E-state index in [-0.39, 0.29) is 29.9 Å². The molecule has 1 amide bonds. The fraction of sp³-hybridized carbons (Fsp3) is 0.882. The van der Waals surface area contributed by atoms with Gasteiger partial charge in [0.05, 0.1) is 0 Å². The van der Waals surface area contributed by atoms with Crippen LogP contribution in [-0.2, 0) is 4.79 Å². The minimum absolute atomic E-state index is 0. The van der Waals surface area contributed by atoms with Gasteiger partial charge in [-0.3, -0.25) is 9.79 Å². The summed E-state index contributed by atoms with van der Waals surface area (Å²) in [6.45, 7) is 1.39. The van der Waals surface area contributed by atoms with Crippen molar-refractivity contribution in [2.75, 3.05) is 20.1 Å². The van der Waals surface area contributed by atoms with Gasteiger partial charge in [0, 0.05) is 32.6 Å². The Balaban J connectivity index is 0.00000264. The number of halogens is 1. The summed E-state index contributed by atoms with van der Waals surface area (Å²) in [7, 11) is 1.80. The average molecular weight is 436 g/mol. The molecule has 0 unspecified atom stereocenters. The summed E-state index contributed by atoms with van der Waals surface area (Å²) < 4.78 is 0. The molecule has 0 spiro atoms. The lowest BCUT2D eigenvalue weighted by Gasteiger charge is -2.24. The predicted molar refractivity (Wildman–Crippen MR) is 106 cm³/mol. The molecule has 2 fully saturated rings. The maximum absolute atomic E-state index is 11.8. The van der Waals surface area contributed by atoms with Gasteiger partial charge in [0.15, 0.2) is 5.96 Å². The molecule has 2 aliphatic carbocycles. The molecule has 6 heteroatoms. The largest absolute Gasteiger partial charge is 0.355 e. The SMILES string of the molecule is CN=C(NCCNC(=O)CC1CCCC1)NC1CCCCC1.I. The van der Waals surface area contributed by atoms with Crippen LogP contribution in [0.4, 0.5) is 0 Å². The number of hydrogen-bond acceptors (Lipinski definition) is 2. The number of nitrogens with one attached hydrogen (secondary N) is 3. The molecule has 3 N–H and O–H groups in total. The van der Waals surface area contributed by atoms with Crippen LogP contribution in [-0.4, -0.2) is 38.0 Å². The molecule has 2 saturated carbocycles. The van der Waals surface area contributed by atoms with Crippen LogP contribution in [0.3, 0.4) is 0 Å². The van der Waals surface area contributed by atoms with Crippen LogP contribution in [0, 0.1) is 5.92 Å². The number of aliphatic imine (C=N–C) groups is 1. The number of rotatable bonds is 6. The zero-order chi connectivity index (χ0) is 15.6. The van der Waals surface area contributed by atoms with Gasteiger partial charge in [0.2, 0.25) is 5.91 Å². The van der Waals surface area contributed by atoms with Gasteiger partial charge in [-0.05, 0) is 31.6 Å². The average Bonchev–Trinajstić information content (AvgIpc) is 3.04. The topological polar surface area (TPSA) is 65.5 Å². The Labute approximate surface area is 157 Å². The van der Waals surface area contributed by atoms with Crippen molar-refractivity contribution in [3.8, 4) is 0 Å². The first-order chi connectivity index (χ1) is 10.8. The van der Waals surface area contributed by atoms with Gasteiger partial charge in [-0.2, -0.15) is 0 Å². The third-order valence-electron chi connectivity index (χ3n) is 4.86. The van der Waals surface area contributed by atoms with Gasteiger partial charge >= 0.3 is 0 Å². The third-order valence-corrected chi connectivity index (χ3v) is 4.86. The second-order valence-electron chi connectivity index (χ2n) is 6.68. The summed E-state index contributed by atoms with van der Waals surface area (Å²) in [4.78, 5) is 16.1. The van der Waals surface area contributed by atoms with E-state index >= 15 is 0 Å². The second-order valence-corrected chi connectivity index (χ2v) is 6.68. The molecule has 134 valence electrons. The molecular formula is C17H33IN4O. The summed E-state index contributed by atoms with van der Waals surface area (Å²) in [5.74, 6) is 1.68. The van der Waals surface area contributed by atoms with Crippen molar-refractivity contribution in [3.05, 3.63) is 0 Å². The van der Waals surface area contributed by atoms with Gasteiger partial charge < -0.3 is 16.0 Å². The van der Waals surface area contributed by atoms with E-state index < -0.39 is 0 Å². The maximum Gasteiger partial charge on any atom is 0.220 e. The molecule has 2 aliphatic rings. The molecule has 0 atom stereocenters. The minimum Gasteiger partial charge on any atom is -0.355 e. The fourth-order valence-corrected chi connectivity index (χ4v) is 3.57. The van der Waals surface area contributed by atoms with Gasteiger partial charge in [-0.15, -0.1) is 24.0 Å². The molecule has 2 rings (SSSR count). The molecule has 0 radical (unpaired) electrons. The van der Waals surface area contributed by atoms with Gasteiger partial charge in [0.25, 0.3) is 0 Å². The summed E-state index contributed by atoms with van der Waals surface area (Å²) in [5.41, 5.74) is 0. The number of guanidine groups is 1. The lowest BCUT2D eigenvalue weighted by atomic mass is 9.96. The highest BCUT2D eigenvalue weighted by Crippen LogP contribution is 2.27. The lowest BCUT2D eigenvalue weighted by molar-refractivity contribution is -0.121. The Bertz CT molecular complexity index is 364. The monoisotopic (exact) mass is 436 g/mol. The van der Waals surface area contributed by atoms with E-state index in [0.29, 0.717) is 24.9 Å². The Kier molecular flexibility index (Phi) is 10.6. The predicted octanol–water partition coefficient (Wildman–Crippen LogP) is 2.80. The summed E-state index contributed by atoms with van der Waals surface area (Å²) in [6.07, 6.45) is 12.2. The van der Waals surface area contributed by atoms with Crippen LogP contribution < -0.4 is 16.0 Å². The van der Waals surface area contributed by atoms with Crippen LogP contribution in [0.15, 0.2) is 4.99 Å². The number of carbonyl (C=O) groups excluding carboxylic acids is 1. The quantitative estimate of drug-likeness (QED) is 0.260. The first-order valence-electron chi connectivity index (χ1n) is 9.02. The van der Waals surface area contributed by atoms with Gasteiger partial charge in [-0.25, -0.2) is 0 Å². The van der Waals surface area contributed by atoms with Crippen molar-refractivity contribution < 1.29 is 4.79 Å². The molecule has 0 heterocycles. The van der Waals surface area contributed by atoms with Crippen LogP contribution in [0.2, 0.25) is 0 Å². The van der Waals surface area contributed by atoms with Crippen molar-refractivity contribution in [2.24, 2.45) is 10.9 Å². The molecule has 0 aromatic carbocycles. The summed E-state index contributed by atoms with van der Waals surface area (Å²) >= 11 is 0. The van der Waals surface area contributed by atoms with Crippen molar-refractivity contribution in [2.45, 2.75) is 70.3 Å². The third kappa shape index (κ3) is 8.22. The molecule has 0 aliphatic heterocycles. The van der Waals surface area contributed by atoms with E-state index in [1.165, 1.54) is 57.8 Å². The number of hydrogen-bond donors (Lipinski definition) is 3. The highest BCUT2D eigenvalue weighted by atomic mass is 127. The van der Waals surface area contributed by atoms with Crippen molar-refractivity contribution >= 4 is 35.8 Å². The Morgan fingerprint density at radius 1 is 0.957 bits per heavy atom. The lowest BCUT2D eigenvalue weighted by Crippen LogP contribution is -2.46. The van der Waals surface area contributed by atoms with E-state index in [1.54, 1.807) is 7.05 Å². The van der Waals surface area contributed by atoms with Crippen LogP contribution in [0.5, 0.6) is 0 Å². The highest BCUT2D eigenvalue weighted by molar-refractivity contribution is 14.0. The first kappa shape index (κ1) is 20.5. The summed E-state index contributed by atoms with van der Waals surface area (Å²) in [5, 5.41) is 9.78. The van der Waals surface area contributed by atoms with Crippen LogP contribution >= 0.6 is 24.0 Å². The molecule has 0 aromatic rings. The number of carbonyl (C=O) groups is 1. The zero-order valence-electron chi connectivity index (χ0n) is 14.4. The van der Waals surface area contributed by atoms with E-state index in [4.69, 9.17) is 0 Å². The van der Waals surface area contributed by atoms with E-state index in [9.17, 15) is 4.79 Å². The molecule has 0 saturated heterocycles. The van der Waals surface area contributed by atoms with E-state index in [0.717, 1.165) is 12.5 Å². The van der Waals surface area contributed by atoms with Gasteiger partial charge in [-0.1, -0.05) is 32.1 Å². The molecule has 23 heavy (non-hydrogen) atoms. The van der Waals surface area contributed by atoms with Crippen LogP contribution in [0.1, 0.15) is 64.2 Å². The van der Waals surface area contributed by atoms with Crippen LogP contribution in [0.25, 0.3) is 0 Å². The smallest absolute Gasteiger partial charge is 0.220 e. The van der Waals surface area contributed by atoms with E-state index in [1.807, 2.05) is 0 Å².